The standard InChI is InChI=1S/C27H28N2O2S.2C2H6.C2H4/c1-3-7-23-22-8-5-6-9-25(22)32-26-15-12-20(18-24(26)29-23)27(30)28-17-16-19-10-13-21(14-11-19)31-4-2;3*1-2/h5-6,8-15,18H,3-4,7,16-17H2,1-2H3,(H,28,30);2*1-2H3;1-2H2. The van der Waals surface area contributed by atoms with Gasteiger partial charge >= 0.3 is 0 Å². The van der Waals surface area contributed by atoms with Gasteiger partial charge in [-0.05, 0) is 61.7 Å². The molecule has 0 saturated heterocycles. The van der Waals surface area contributed by atoms with Crippen LogP contribution in [0.3, 0.4) is 0 Å². The number of aliphatic imine (C=N–C) groups is 1. The Hall–Kier alpha value is -3.31. The van der Waals surface area contributed by atoms with E-state index in [9.17, 15) is 4.79 Å². The molecule has 0 spiro atoms. The Bertz CT molecular complexity index is 1140. The van der Waals surface area contributed by atoms with Crippen molar-refractivity contribution in [1.82, 2.24) is 5.32 Å². The Kier molecular flexibility index (Phi) is 16.2. The topological polar surface area (TPSA) is 50.7 Å². The molecule has 3 aromatic carbocycles. The molecule has 1 N–H and O–H groups in total. The molecule has 0 bridgehead atoms. The molecule has 38 heavy (non-hydrogen) atoms. The van der Waals surface area contributed by atoms with Gasteiger partial charge in [-0.25, -0.2) is 0 Å². The van der Waals surface area contributed by atoms with Crippen LogP contribution in [0.4, 0.5) is 5.69 Å². The molecule has 0 aliphatic carbocycles. The third kappa shape index (κ3) is 9.53. The first-order valence-corrected chi connectivity index (χ1v) is 14.5. The molecule has 1 aliphatic rings. The van der Waals surface area contributed by atoms with Gasteiger partial charge < -0.3 is 10.1 Å². The number of carbonyl (C=O) groups excluding carboxylic acids is 1. The van der Waals surface area contributed by atoms with Crippen LogP contribution in [0.1, 0.15) is 75.9 Å². The summed E-state index contributed by atoms with van der Waals surface area (Å²) in [5.41, 5.74) is 4.95. The van der Waals surface area contributed by atoms with Crippen molar-refractivity contribution < 1.29 is 9.53 Å². The minimum atomic E-state index is -0.0715. The number of ether oxygens (including phenoxy) is 1. The lowest BCUT2D eigenvalue weighted by Crippen LogP contribution is -2.25. The van der Waals surface area contributed by atoms with Crippen LogP contribution in [0.25, 0.3) is 0 Å². The Morgan fingerprint density at radius 2 is 1.58 bits per heavy atom. The molecule has 1 aliphatic heterocycles. The lowest BCUT2D eigenvalue weighted by Gasteiger charge is -2.09. The van der Waals surface area contributed by atoms with Crippen LogP contribution in [-0.2, 0) is 6.42 Å². The summed E-state index contributed by atoms with van der Waals surface area (Å²) in [7, 11) is 0. The molecule has 4 rings (SSSR count). The van der Waals surface area contributed by atoms with E-state index in [-0.39, 0.29) is 5.91 Å². The zero-order chi connectivity index (χ0) is 28.3. The van der Waals surface area contributed by atoms with Crippen molar-refractivity contribution in [2.45, 2.75) is 70.6 Å². The van der Waals surface area contributed by atoms with Gasteiger partial charge in [0.25, 0.3) is 5.91 Å². The molecule has 0 fully saturated rings. The molecule has 204 valence electrons. The highest BCUT2D eigenvalue weighted by atomic mass is 32.2. The largest absolute Gasteiger partial charge is 0.494 e. The zero-order valence-corrected chi connectivity index (χ0v) is 24.8. The van der Waals surface area contributed by atoms with E-state index in [1.54, 1.807) is 11.8 Å². The van der Waals surface area contributed by atoms with E-state index in [0.29, 0.717) is 18.7 Å². The molecular formula is C33H44N2O2S. The molecule has 5 heteroatoms. The molecule has 0 atom stereocenters. The van der Waals surface area contributed by atoms with Gasteiger partial charge in [0.1, 0.15) is 5.75 Å². The van der Waals surface area contributed by atoms with Crippen molar-refractivity contribution in [2.75, 3.05) is 13.2 Å². The maximum Gasteiger partial charge on any atom is 0.251 e. The number of benzene rings is 3. The fourth-order valence-electron chi connectivity index (χ4n) is 3.72. The third-order valence-electron chi connectivity index (χ3n) is 5.31. The summed E-state index contributed by atoms with van der Waals surface area (Å²) in [6, 6.07) is 22.2. The normalized spacial score (nSPS) is 10.7. The summed E-state index contributed by atoms with van der Waals surface area (Å²) < 4.78 is 5.48. The summed E-state index contributed by atoms with van der Waals surface area (Å²) in [6.07, 6.45) is 2.71. The Morgan fingerprint density at radius 3 is 2.24 bits per heavy atom. The third-order valence-corrected chi connectivity index (χ3v) is 6.46. The first-order chi connectivity index (χ1) is 18.7. The molecular weight excluding hydrogens is 488 g/mol. The van der Waals surface area contributed by atoms with Gasteiger partial charge in [-0.2, -0.15) is 0 Å². The fourth-order valence-corrected chi connectivity index (χ4v) is 4.74. The van der Waals surface area contributed by atoms with E-state index >= 15 is 0 Å². The molecule has 0 unspecified atom stereocenters. The maximum absolute atomic E-state index is 12.8. The SMILES string of the molecule is C=C.CC.CC.CCCC1=Nc2cc(C(=O)NCCc3ccc(OCC)cc3)ccc2Sc2ccccc21. The molecule has 3 aromatic rings. The second-order valence-electron chi connectivity index (χ2n) is 7.67. The number of carbonyl (C=O) groups is 1. The molecule has 4 nitrogen and oxygen atoms in total. The lowest BCUT2D eigenvalue weighted by molar-refractivity contribution is 0.0954. The summed E-state index contributed by atoms with van der Waals surface area (Å²) >= 11 is 1.72. The van der Waals surface area contributed by atoms with Crippen LogP contribution in [-0.4, -0.2) is 24.8 Å². The smallest absolute Gasteiger partial charge is 0.251 e. The van der Waals surface area contributed by atoms with Gasteiger partial charge in [0, 0.05) is 33.2 Å². The van der Waals surface area contributed by atoms with Crippen molar-refractivity contribution in [3.63, 3.8) is 0 Å². The molecule has 1 amide bonds. The predicted molar refractivity (Wildman–Crippen MR) is 166 cm³/mol. The van der Waals surface area contributed by atoms with Gasteiger partial charge in [0.15, 0.2) is 0 Å². The van der Waals surface area contributed by atoms with Gasteiger partial charge in [0.05, 0.1) is 12.3 Å². The zero-order valence-electron chi connectivity index (χ0n) is 24.0. The minimum absolute atomic E-state index is 0.0715. The molecule has 1 heterocycles. The number of fused-ring (bicyclic) bond motifs is 2. The second-order valence-corrected chi connectivity index (χ2v) is 8.76. The number of nitrogens with zero attached hydrogens (tertiary/aromatic N) is 1. The van der Waals surface area contributed by atoms with Crippen LogP contribution >= 0.6 is 11.8 Å². The Labute approximate surface area is 234 Å². The number of nitrogens with one attached hydrogen (secondary N) is 1. The predicted octanol–water partition coefficient (Wildman–Crippen LogP) is 9.30. The molecule has 0 radical (unpaired) electrons. The summed E-state index contributed by atoms with van der Waals surface area (Å²) in [5.74, 6) is 0.797. The summed E-state index contributed by atoms with van der Waals surface area (Å²) in [6.45, 7) is 19.4. The molecule has 0 saturated carbocycles. The average molecular weight is 533 g/mol. The lowest BCUT2D eigenvalue weighted by atomic mass is 10.1. The van der Waals surface area contributed by atoms with Crippen LogP contribution in [0, 0.1) is 0 Å². The fraction of sp³-hybridized carbons (Fsp3) is 0.333. The van der Waals surface area contributed by atoms with Crippen molar-refractivity contribution >= 4 is 29.1 Å². The summed E-state index contributed by atoms with van der Waals surface area (Å²) in [5, 5.41) is 3.04. The van der Waals surface area contributed by atoms with Gasteiger partial charge in [-0.1, -0.05) is 83.1 Å². The highest BCUT2D eigenvalue weighted by molar-refractivity contribution is 7.99. The van der Waals surface area contributed by atoms with Crippen LogP contribution < -0.4 is 10.1 Å². The van der Waals surface area contributed by atoms with Gasteiger partial charge in [0.2, 0.25) is 0 Å². The monoisotopic (exact) mass is 532 g/mol. The van der Waals surface area contributed by atoms with E-state index in [2.05, 4.69) is 49.7 Å². The molecule has 0 aromatic heterocycles. The van der Waals surface area contributed by atoms with E-state index in [1.165, 1.54) is 16.0 Å². The minimum Gasteiger partial charge on any atom is -0.494 e. The number of hydrogen-bond acceptors (Lipinski definition) is 4. The van der Waals surface area contributed by atoms with E-state index in [4.69, 9.17) is 9.73 Å². The van der Waals surface area contributed by atoms with Gasteiger partial charge in [-0.15, -0.1) is 13.2 Å². The number of hydrogen-bond donors (Lipinski definition) is 1. The van der Waals surface area contributed by atoms with E-state index in [1.807, 2.05) is 77.1 Å². The first-order valence-electron chi connectivity index (χ1n) is 13.7. The van der Waals surface area contributed by atoms with Crippen LogP contribution in [0.2, 0.25) is 0 Å². The Balaban J connectivity index is 0.00000112. The maximum atomic E-state index is 12.8. The second kappa shape index (κ2) is 18.9. The van der Waals surface area contributed by atoms with Gasteiger partial charge in [-0.3, -0.25) is 9.79 Å². The van der Waals surface area contributed by atoms with Crippen molar-refractivity contribution in [3.8, 4) is 5.75 Å². The van der Waals surface area contributed by atoms with Crippen LogP contribution in [0.15, 0.2) is 94.7 Å². The average Bonchev–Trinajstić information content (AvgIpc) is 3.13. The number of amides is 1. The highest BCUT2D eigenvalue weighted by Crippen LogP contribution is 2.41. The van der Waals surface area contributed by atoms with Crippen molar-refractivity contribution in [1.29, 1.82) is 0 Å². The van der Waals surface area contributed by atoms with Crippen molar-refractivity contribution in [3.05, 3.63) is 96.6 Å². The van der Waals surface area contributed by atoms with E-state index in [0.717, 1.165) is 41.3 Å². The van der Waals surface area contributed by atoms with Crippen molar-refractivity contribution in [2.24, 2.45) is 4.99 Å². The summed E-state index contributed by atoms with van der Waals surface area (Å²) in [4.78, 5) is 20.0. The quantitative estimate of drug-likeness (QED) is 0.294. The van der Waals surface area contributed by atoms with Crippen LogP contribution in [0.5, 0.6) is 5.75 Å². The first kappa shape index (κ1) is 32.7. The Morgan fingerprint density at radius 1 is 0.895 bits per heavy atom. The highest BCUT2D eigenvalue weighted by Gasteiger charge is 2.18. The number of rotatable bonds is 8. The van der Waals surface area contributed by atoms with E-state index < -0.39 is 0 Å².